The van der Waals surface area contributed by atoms with Gasteiger partial charge in [0.1, 0.15) is 5.75 Å². The molecule has 0 spiro atoms. The van der Waals surface area contributed by atoms with Crippen LogP contribution in [0.15, 0.2) is 12.1 Å². The molecule has 2 rings (SSSR count). The third-order valence-electron chi connectivity index (χ3n) is 3.57. The van der Waals surface area contributed by atoms with Crippen molar-refractivity contribution in [3.05, 3.63) is 28.3 Å². The fourth-order valence-electron chi connectivity index (χ4n) is 2.58. The molecular formula is C13H18ClNO. The lowest BCUT2D eigenvalue weighted by molar-refractivity contribution is 0.406. The Balaban J connectivity index is 2.51. The number of aromatic hydroxyl groups is 1. The first-order valence-electron chi connectivity index (χ1n) is 5.87. The zero-order chi connectivity index (χ0) is 11.8. The number of phenolic OH excluding ortho intramolecular Hbond substituents is 1. The van der Waals surface area contributed by atoms with E-state index in [1.807, 2.05) is 19.1 Å². The standard InChI is InChI=1S/C13H18ClNO/c1-2-9-7-10(14)8-11(12(9)16)13(15)5-3-4-6-13/h7-8,16H,2-6,15H2,1H3. The van der Waals surface area contributed by atoms with E-state index in [4.69, 9.17) is 17.3 Å². The van der Waals surface area contributed by atoms with E-state index in [0.29, 0.717) is 10.8 Å². The van der Waals surface area contributed by atoms with E-state index in [1.54, 1.807) is 0 Å². The summed E-state index contributed by atoms with van der Waals surface area (Å²) in [7, 11) is 0. The molecule has 0 atom stereocenters. The molecule has 0 saturated heterocycles. The molecule has 3 heteroatoms. The summed E-state index contributed by atoms with van der Waals surface area (Å²) in [4.78, 5) is 0. The van der Waals surface area contributed by atoms with Gasteiger partial charge in [-0.25, -0.2) is 0 Å². The number of benzene rings is 1. The summed E-state index contributed by atoms with van der Waals surface area (Å²) in [5, 5.41) is 10.9. The largest absolute Gasteiger partial charge is 0.507 e. The van der Waals surface area contributed by atoms with E-state index in [-0.39, 0.29) is 5.54 Å². The van der Waals surface area contributed by atoms with E-state index in [2.05, 4.69) is 0 Å². The number of halogens is 1. The first-order chi connectivity index (χ1) is 7.57. The Morgan fingerprint density at radius 3 is 2.56 bits per heavy atom. The highest BCUT2D eigenvalue weighted by Crippen LogP contribution is 2.42. The summed E-state index contributed by atoms with van der Waals surface area (Å²) in [6.07, 6.45) is 4.90. The van der Waals surface area contributed by atoms with Crippen molar-refractivity contribution in [3.63, 3.8) is 0 Å². The van der Waals surface area contributed by atoms with Crippen molar-refractivity contribution in [2.45, 2.75) is 44.6 Å². The minimum absolute atomic E-state index is 0.344. The Labute approximate surface area is 101 Å². The lowest BCUT2D eigenvalue weighted by Crippen LogP contribution is -2.33. The number of hydrogen-bond donors (Lipinski definition) is 2. The van der Waals surface area contributed by atoms with E-state index >= 15 is 0 Å². The third-order valence-corrected chi connectivity index (χ3v) is 3.78. The van der Waals surface area contributed by atoms with Crippen molar-refractivity contribution in [3.8, 4) is 5.75 Å². The van der Waals surface area contributed by atoms with Crippen LogP contribution in [-0.4, -0.2) is 5.11 Å². The van der Waals surface area contributed by atoms with Crippen molar-refractivity contribution >= 4 is 11.6 Å². The molecule has 0 unspecified atom stereocenters. The van der Waals surface area contributed by atoms with Gasteiger partial charge < -0.3 is 10.8 Å². The Hall–Kier alpha value is -0.730. The number of rotatable bonds is 2. The Kier molecular flexibility index (Phi) is 3.13. The highest BCUT2D eigenvalue weighted by atomic mass is 35.5. The summed E-state index contributed by atoms with van der Waals surface area (Å²) < 4.78 is 0. The molecule has 1 aliphatic rings. The molecule has 1 aromatic rings. The predicted molar refractivity (Wildman–Crippen MR) is 66.8 cm³/mol. The fraction of sp³-hybridized carbons (Fsp3) is 0.538. The van der Waals surface area contributed by atoms with Crippen LogP contribution >= 0.6 is 11.6 Å². The fourth-order valence-corrected chi connectivity index (χ4v) is 2.82. The molecule has 0 aliphatic heterocycles. The number of aryl methyl sites for hydroxylation is 1. The monoisotopic (exact) mass is 239 g/mol. The molecule has 1 aliphatic carbocycles. The average molecular weight is 240 g/mol. The van der Waals surface area contributed by atoms with E-state index in [9.17, 15) is 5.11 Å². The molecule has 1 saturated carbocycles. The minimum atomic E-state index is -0.376. The smallest absolute Gasteiger partial charge is 0.123 e. The van der Waals surface area contributed by atoms with Crippen LogP contribution in [0.4, 0.5) is 0 Å². The van der Waals surface area contributed by atoms with Crippen LogP contribution in [0.2, 0.25) is 5.02 Å². The van der Waals surface area contributed by atoms with Crippen LogP contribution in [0, 0.1) is 0 Å². The van der Waals surface area contributed by atoms with Crippen LogP contribution < -0.4 is 5.73 Å². The zero-order valence-electron chi connectivity index (χ0n) is 9.59. The lowest BCUT2D eigenvalue weighted by atomic mass is 9.87. The number of hydrogen-bond acceptors (Lipinski definition) is 2. The molecule has 1 fully saturated rings. The minimum Gasteiger partial charge on any atom is -0.507 e. The van der Waals surface area contributed by atoms with Gasteiger partial charge in [-0.2, -0.15) is 0 Å². The molecule has 3 N–H and O–H groups in total. The molecule has 2 nitrogen and oxygen atoms in total. The average Bonchev–Trinajstić information content (AvgIpc) is 2.69. The molecule has 0 aromatic heterocycles. The highest BCUT2D eigenvalue weighted by molar-refractivity contribution is 6.30. The van der Waals surface area contributed by atoms with Crippen LogP contribution in [0.1, 0.15) is 43.7 Å². The number of nitrogens with two attached hydrogens (primary N) is 1. The first kappa shape index (κ1) is 11.7. The summed E-state index contributed by atoms with van der Waals surface area (Å²) in [5.74, 6) is 0.344. The summed E-state index contributed by atoms with van der Waals surface area (Å²) in [6.45, 7) is 2.01. The molecular weight excluding hydrogens is 222 g/mol. The van der Waals surface area contributed by atoms with E-state index < -0.39 is 0 Å². The maximum absolute atomic E-state index is 10.2. The van der Waals surface area contributed by atoms with Crippen molar-refractivity contribution in [2.24, 2.45) is 5.73 Å². The van der Waals surface area contributed by atoms with Crippen molar-refractivity contribution < 1.29 is 5.11 Å². The Morgan fingerprint density at radius 2 is 2.00 bits per heavy atom. The molecule has 0 radical (unpaired) electrons. The van der Waals surface area contributed by atoms with Gasteiger partial charge in [-0.05, 0) is 37.0 Å². The van der Waals surface area contributed by atoms with Gasteiger partial charge in [0.2, 0.25) is 0 Å². The van der Waals surface area contributed by atoms with E-state index in [1.165, 1.54) is 0 Å². The molecule has 16 heavy (non-hydrogen) atoms. The van der Waals surface area contributed by atoms with Crippen LogP contribution in [0.25, 0.3) is 0 Å². The second-order valence-corrected chi connectivity index (χ2v) is 5.11. The second kappa shape index (κ2) is 4.27. The summed E-state index contributed by atoms with van der Waals surface area (Å²) in [5.41, 5.74) is 7.70. The Bertz CT molecular complexity index is 397. The van der Waals surface area contributed by atoms with Gasteiger partial charge in [0.05, 0.1) is 0 Å². The Morgan fingerprint density at radius 1 is 1.38 bits per heavy atom. The number of phenols is 1. The normalized spacial score (nSPS) is 18.9. The van der Waals surface area contributed by atoms with Crippen LogP contribution in [-0.2, 0) is 12.0 Å². The lowest BCUT2D eigenvalue weighted by Gasteiger charge is -2.26. The predicted octanol–water partition coefficient (Wildman–Crippen LogP) is 3.34. The van der Waals surface area contributed by atoms with Crippen LogP contribution in [0.5, 0.6) is 5.75 Å². The van der Waals surface area contributed by atoms with Crippen molar-refractivity contribution in [1.29, 1.82) is 0 Å². The SMILES string of the molecule is CCc1cc(Cl)cc(C2(N)CCCC2)c1O. The van der Waals surface area contributed by atoms with Gasteiger partial charge in [0, 0.05) is 16.1 Å². The quantitative estimate of drug-likeness (QED) is 0.832. The maximum atomic E-state index is 10.2. The maximum Gasteiger partial charge on any atom is 0.123 e. The molecule has 0 amide bonds. The zero-order valence-corrected chi connectivity index (χ0v) is 10.3. The van der Waals surface area contributed by atoms with Gasteiger partial charge in [-0.1, -0.05) is 31.4 Å². The second-order valence-electron chi connectivity index (χ2n) is 4.68. The summed E-state index contributed by atoms with van der Waals surface area (Å²) in [6, 6.07) is 3.64. The van der Waals surface area contributed by atoms with Gasteiger partial charge in [-0.3, -0.25) is 0 Å². The van der Waals surface area contributed by atoms with Crippen molar-refractivity contribution in [2.75, 3.05) is 0 Å². The van der Waals surface area contributed by atoms with Crippen LogP contribution in [0.3, 0.4) is 0 Å². The molecule has 0 heterocycles. The molecule has 0 bridgehead atoms. The van der Waals surface area contributed by atoms with Gasteiger partial charge >= 0.3 is 0 Å². The topological polar surface area (TPSA) is 46.2 Å². The molecule has 88 valence electrons. The van der Waals surface area contributed by atoms with Gasteiger partial charge in [0.25, 0.3) is 0 Å². The van der Waals surface area contributed by atoms with Crippen molar-refractivity contribution in [1.82, 2.24) is 0 Å². The van der Waals surface area contributed by atoms with E-state index in [0.717, 1.165) is 43.2 Å². The third kappa shape index (κ3) is 1.92. The van der Waals surface area contributed by atoms with Gasteiger partial charge in [0.15, 0.2) is 0 Å². The van der Waals surface area contributed by atoms with Gasteiger partial charge in [-0.15, -0.1) is 0 Å². The molecule has 1 aromatic carbocycles. The first-order valence-corrected chi connectivity index (χ1v) is 6.25. The summed E-state index contributed by atoms with van der Waals surface area (Å²) >= 11 is 6.07. The highest BCUT2D eigenvalue weighted by Gasteiger charge is 2.34.